The highest BCUT2D eigenvalue weighted by Gasteiger charge is 2.36. The van der Waals surface area contributed by atoms with Crippen LogP contribution in [-0.4, -0.2) is 64.1 Å². The van der Waals surface area contributed by atoms with E-state index in [0.717, 1.165) is 24.6 Å². The van der Waals surface area contributed by atoms with Gasteiger partial charge in [0, 0.05) is 31.1 Å². The van der Waals surface area contributed by atoms with E-state index in [1.807, 2.05) is 4.90 Å². The zero-order valence-electron chi connectivity index (χ0n) is 11.5. The molecule has 2 saturated heterocycles. The predicted molar refractivity (Wildman–Crippen MR) is 75.4 cm³/mol. The van der Waals surface area contributed by atoms with E-state index in [1.54, 1.807) is 16.7 Å². The number of hydrogen-bond donors (Lipinski definition) is 1. The average molecular weight is 286 g/mol. The summed E-state index contributed by atoms with van der Waals surface area (Å²) in [6.07, 6.45) is 0.0533. The van der Waals surface area contributed by atoms with Crippen LogP contribution in [0.5, 0.6) is 0 Å². The first-order chi connectivity index (χ1) is 8.99. The first-order valence-electron chi connectivity index (χ1n) is 6.84. The highest BCUT2D eigenvalue weighted by Crippen LogP contribution is 2.26. The van der Waals surface area contributed by atoms with Crippen molar-refractivity contribution in [1.29, 1.82) is 0 Å². The van der Waals surface area contributed by atoms with E-state index in [9.17, 15) is 9.59 Å². The van der Waals surface area contributed by atoms with E-state index >= 15 is 0 Å². The number of carbonyl (C=O) groups excluding carboxylic acids is 1. The summed E-state index contributed by atoms with van der Waals surface area (Å²) in [5.41, 5.74) is 0. The number of thioether (sulfide) groups is 1. The lowest BCUT2D eigenvalue weighted by Gasteiger charge is -2.37. The maximum absolute atomic E-state index is 12.5. The highest BCUT2D eigenvalue weighted by atomic mass is 32.2. The minimum Gasteiger partial charge on any atom is -0.481 e. The van der Waals surface area contributed by atoms with Crippen molar-refractivity contribution >= 4 is 23.8 Å². The molecule has 2 aliphatic rings. The van der Waals surface area contributed by atoms with Gasteiger partial charge in [0.1, 0.15) is 0 Å². The van der Waals surface area contributed by atoms with Crippen LogP contribution in [0, 0.1) is 11.8 Å². The van der Waals surface area contributed by atoms with Crippen molar-refractivity contribution in [2.75, 3.05) is 31.1 Å². The Morgan fingerprint density at radius 2 is 1.89 bits per heavy atom. The normalized spacial score (nSPS) is 31.6. The molecule has 0 spiro atoms. The first kappa shape index (κ1) is 14.5. The Balaban J connectivity index is 2.01. The largest absolute Gasteiger partial charge is 0.481 e. The Morgan fingerprint density at radius 3 is 2.47 bits per heavy atom. The third-order valence-corrected chi connectivity index (χ3v) is 5.23. The molecule has 108 valence electrons. The summed E-state index contributed by atoms with van der Waals surface area (Å²) in [5, 5.41) is 8.95. The molecule has 0 radical (unpaired) electrons. The van der Waals surface area contributed by atoms with Crippen LogP contribution in [0.1, 0.15) is 20.3 Å². The fourth-order valence-corrected chi connectivity index (χ4v) is 3.81. The Hall–Kier alpha value is -0.910. The van der Waals surface area contributed by atoms with Crippen molar-refractivity contribution in [2.24, 2.45) is 11.8 Å². The van der Waals surface area contributed by atoms with Crippen molar-refractivity contribution in [3.05, 3.63) is 0 Å². The molecule has 0 aromatic carbocycles. The number of likely N-dealkylation sites (tertiary alicyclic amines) is 1. The van der Waals surface area contributed by atoms with Crippen molar-refractivity contribution in [1.82, 2.24) is 9.80 Å². The van der Waals surface area contributed by atoms with Crippen LogP contribution in [-0.2, 0) is 4.79 Å². The van der Waals surface area contributed by atoms with Crippen LogP contribution in [0.2, 0.25) is 0 Å². The number of carbonyl (C=O) groups is 2. The predicted octanol–water partition coefficient (Wildman–Crippen LogP) is 1.59. The molecule has 0 saturated carbocycles. The second-order valence-corrected chi connectivity index (χ2v) is 6.81. The second-order valence-electron chi connectivity index (χ2n) is 5.66. The minimum absolute atomic E-state index is 0.0303. The average Bonchev–Trinajstić information content (AvgIpc) is 2.69. The number of amides is 2. The molecule has 6 heteroatoms. The lowest BCUT2D eigenvalue weighted by molar-refractivity contribution is -0.138. The van der Waals surface area contributed by atoms with Gasteiger partial charge in [-0.1, -0.05) is 13.8 Å². The van der Waals surface area contributed by atoms with E-state index in [4.69, 9.17) is 5.11 Å². The number of carboxylic acids is 1. The maximum Gasteiger partial charge on any atom is 0.320 e. The standard InChI is InChI=1S/C13H22N2O3S/c1-9-6-14(7-10(9)2)13(18)15-3-4-19-8-11(15)5-12(16)17/h9-11H,3-8H2,1-2H3,(H,16,17). The quantitative estimate of drug-likeness (QED) is 0.837. The van der Waals surface area contributed by atoms with E-state index in [-0.39, 0.29) is 18.5 Å². The Labute approximate surface area is 118 Å². The molecule has 5 nitrogen and oxygen atoms in total. The van der Waals surface area contributed by atoms with Crippen LogP contribution >= 0.6 is 11.8 Å². The van der Waals surface area contributed by atoms with Crippen molar-refractivity contribution in [3.63, 3.8) is 0 Å². The third kappa shape index (κ3) is 3.35. The summed E-state index contributed by atoms with van der Waals surface area (Å²) in [6.45, 7) is 6.59. The maximum atomic E-state index is 12.5. The molecule has 19 heavy (non-hydrogen) atoms. The molecular weight excluding hydrogens is 264 g/mol. The van der Waals surface area contributed by atoms with Crippen LogP contribution in [0.15, 0.2) is 0 Å². The van der Waals surface area contributed by atoms with Gasteiger partial charge in [-0.25, -0.2) is 4.79 Å². The zero-order chi connectivity index (χ0) is 14.0. The Kier molecular flexibility index (Phi) is 4.60. The van der Waals surface area contributed by atoms with E-state index in [2.05, 4.69) is 13.8 Å². The molecule has 2 heterocycles. The van der Waals surface area contributed by atoms with Crippen molar-refractivity contribution < 1.29 is 14.7 Å². The molecule has 3 unspecified atom stereocenters. The van der Waals surface area contributed by atoms with Gasteiger partial charge < -0.3 is 14.9 Å². The molecule has 1 N–H and O–H groups in total. The van der Waals surface area contributed by atoms with Gasteiger partial charge in [-0.2, -0.15) is 11.8 Å². The zero-order valence-corrected chi connectivity index (χ0v) is 12.4. The molecule has 0 aromatic heterocycles. The SMILES string of the molecule is CC1CN(C(=O)N2CCSCC2CC(=O)O)CC1C. The van der Waals surface area contributed by atoms with E-state index < -0.39 is 5.97 Å². The van der Waals surface area contributed by atoms with Gasteiger partial charge in [-0.3, -0.25) is 4.79 Å². The summed E-state index contributed by atoms with van der Waals surface area (Å²) in [5.74, 6) is 1.87. The molecule has 0 bridgehead atoms. The molecule has 2 aliphatic heterocycles. The topological polar surface area (TPSA) is 60.9 Å². The first-order valence-corrected chi connectivity index (χ1v) is 7.99. The van der Waals surface area contributed by atoms with Gasteiger partial charge in [0.2, 0.25) is 0 Å². The fraction of sp³-hybridized carbons (Fsp3) is 0.846. The number of nitrogens with zero attached hydrogens (tertiary/aromatic N) is 2. The second kappa shape index (κ2) is 6.03. The van der Waals surface area contributed by atoms with Crippen LogP contribution in [0.3, 0.4) is 0 Å². The van der Waals surface area contributed by atoms with E-state index in [0.29, 0.717) is 18.4 Å². The Bertz CT molecular complexity index is 354. The number of urea groups is 1. The minimum atomic E-state index is -0.826. The van der Waals surface area contributed by atoms with Gasteiger partial charge >= 0.3 is 12.0 Å². The van der Waals surface area contributed by atoms with Gasteiger partial charge in [-0.15, -0.1) is 0 Å². The molecular formula is C13H22N2O3S. The smallest absolute Gasteiger partial charge is 0.320 e. The van der Waals surface area contributed by atoms with Crippen LogP contribution in [0.4, 0.5) is 4.79 Å². The monoisotopic (exact) mass is 286 g/mol. The lowest BCUT2D eigenvalue weighted by Crippen LogP contribution is -2.52. The van der Waals surface area contributed by atoms with Gasteiger partial charge in [0.25, 0.3) is 0 Å². The Morgan fingerprint density at radius 1 is 1.26 bits per heavy atom. The molecule has 0 aliphatic carbocycles. The third-order valence-electron chi connectivity index (χ3n) is 4.14. The van der Waals surface area contributed by atoms with Crippen molar-refractivity contribution in [2.45, 2.75) is 26.3 Å². The van der Waals surface area contributed by atoms with Crippen LogP contribution < -0.4 is 0 Å². The molecule has 2 rings (SSSR count). The van der Waals surface area contributed by atoms with Crippen LogP contribution in [0.25, 0.3) is 0 Å². The molecule has 3 atom stereocenters. The number of rotatable bonds is 2. The number of carboxylic acid groups (broad SMARTS) is 1. The van der Waals surface area contributed by atoms with Crippen molar-refractivity contribution in [3.8, 4) is 0 Å². The summed E-state index contributed by atoms with van der Waals surface area (Å²) in [7, 11) is 0. The van der Waals surface area contributed by atoms with Gasteiger partial charge in [0.05, 0.1) is 12.5 Å². The highest BCUT2D eigenvalue weighted by molar-refractivity contribution is 7.99. The summed E-state index contributed by atoms with van der Waals surface area (Å²) < 4.78 is 0. The molecule has 2 fully saturated rings. The summed E-state index contributed by atoms with van der Waals surface area (Å²) >= 11 is 1.73. The fourth-order valence-electron chi connectivity index (χ4n) is 2.74. The number of aliphatic carboxylic acids is 1. The van der Waals surface area contributed by atoms with Gasteiger partial charge in [-0.05, 0) is 11.8 Å². The number of hydrogen-bond acceptors (Lipinski definition) is 3. The lowest BCUT2D eigenvalue weighted by atomic mass is 10.0. The van der Waals surface area contributed by atoms with E-state index in [1.165, 1.54) is 0 Å². The summed E-state index contributed by atoms with van der Waals surface area (Å²) in [6, 6.07) is -0.127. The summed E-state index contributed by atoms with van der Waals surface area (Å²) in [4.78, 5) is 27.1. The molecule has 2 amide bonds. The van der Waals surface area contributed by atoms with Gasteiger partial charge in [0.15, 0.2) is 0 Å². The molecule has 0 aromatic rings.